The molecule has 1 heterocycles. The fraction of sp³-hybridized carbons (Fsp3) is 0.500. The Labute approximate surface area is 113 Å². The first-order chi connectivity index (χ1) is 9.16. The molecule has 5 nitrogen and oxygen atoms in total. The van der Waals surface area contributed by atoms with E-state index < -0.39 is 5.97 Å². The number of hydrogen-bond acceptors (Lipinski definition) is 4. The molecule has 1 aliphatic heterocycles. The van der Waals surface area contributed by atoms with Crippen LogP contribution in [0.15, 0.2) is 24.3 Å². The van der Waals surface area contributed by atoms with Crippen LogP contribution in [0.4, 0.5) is 0 Å². The molecule has 104 valence electrons. The number of carboxylic acid groups (broad SMARTS) is 1. The van der Waals surface area contributed by atoms with Crippen LogP contribution in [0.2, 0.25) is 0 Å². The molecule has 1 unspecified atom stereocenters. The molecule has 0 saturated carbocycles. The van der Waals surface area contributed by atoms with Crippen molar-refractivity contribution in [1.82, 2.24) is 10.2 Å². The van der Waals surface area contributed by atoms with Gasteiger partial charge in [-0.05, 0) is 32.1 Å². The van der Waals surface area contributed by atoms with Gasteiger partial charge in [-0.1, -0.05) is 12.1 Å². The molecule has 0 bridgehead atoms. The molecule has 2 rings (SSSR count). The van der Waals surface area contributed by atoms with Crippen LogP contribution in [-0.4, -0.2) is 55.3 Å². The topological polar surface area (TPSA) is 61.8 Å². The van der Waals surface area contributed by atoms with Crippen LogP contribution in [0.3, 0.4) is 0 Å². The van der Waals surface area contributed by atoms with E-state index in [-0.39, 0.29) is 5.56 Å². The summed E-state index contributed by atoms with van der Waals surface area (Å²) in [4.78, 5) is 13.3. The maximum atomic E-state index is 11.0. The Hall–Kier alpha value is -1.59. The largest absolute Gasteiger partial charge is 0.491 e. The number of rotatable bonds is 6. The van der Waals surface area contributed by atoms with Crippen molar-refractivity contribution in [3.8, 4) is 5.75 Å². The van der Waals surface area contributed by atoms with Crippen LogP contribution in [-0.2, 0) is 0 Å². The number of aromatic carboxylic acids is 1. The van der Waals surface area contributed by atoms with Gasteiger partial charge in [0.2, 0.25) is 0 Å². The number of nitrogens with zero attached hydrogens (tertiary/aromatic N) is 1. The quantitative estimate of drug-likeness (QED) is 0.752. The minimum Gasteiger partial charge on any atom is -0.491 e. The monoisotopic (exact) mass is 264 g/mol. The number of hydrogen-bond donors (Lipinski definition) is 2. The van der Waals surface area contributed by atoms with Crippen molar-refractivity contribution in [3.05, 3.63) is 29.8 Å². The van der Waals surface area contributed by atoms with Crippen LogP contribution in [0.25, 0.3) is 0 Å². The van der Waals surface area contributed by atoms with Crippen molar-refractivity contribution in [2.75, 3.05) is 33.3 Å². The van der Waals surface area contributed by atoms with E-state index in [2.05, 4.69) is 17.3 Å². The first-order valence-corrected chi connectivity index (χ1v) is 6.54. The van der Waals surface area contributed by atoms with Gasteiger partial charge in [0.1, 0.15) is 17.9 Å². The average molecular weight is 264 g/mol. The molecule has 5 heteroatoms. The molecule has 2 N–H and O–H groups in total. The van der Waals surface area contributed by atoms with Crippen LogP contribution in [0.1, 0.15) is 16.8 Å². The number of carbonyl (C=O) groups is 1. The molecule has 1 aromatic rings. The van der Waals surface area contributed by atoms with E-state index >= 15 is 0 Å². The molecule has 0 aliphatic carbocycles. The number of para-hydroxylation sites is 1. The highest BCUT2D eigenvalue weighted by molar-refractivity contribution is 5.90. The van der Waals surface area contributed by atoms with Gasteiger partial charge in [-0.15, -0.1) is 0 Å². The summed E-state index contributed by atoms with van der Waals surface area (Å²) in [6.07, 6.45) is 1.15. The summed E-state index contributed by atoms with van der Waals surface area (Å²) in [6.45, 7) is 3.39. The Morgan fingerprint density at radius 3 is 3.00 bits per heavy atom. The Morgan fingerprint density at radius 1 is 1.53 bits per heavy atom. The van der Waals surface area contributed by atoms with E-state index in [1.54, 1.807) is 24.3 Å². The maximum Gasteiger partial charge on any atom is 0.339 e. The highest BCUT2D eigenvalue weighted by atomic mass is 16.5. The Morgan fingerprint density at radius 2 is 2.32 bits per heavy atom. The molecule has 1 atom stereocenters. The fourth-order valence-corrected chi connectivity index (χ4v) is 2.29. The summed E-state index contributed by atoms with van der Waals surface area (Å²) < 4.78 is 5.53. The molecule has 0 amide bonds. The summed E-state index contributed by atoms with van der Waals surface area (Å²) >= 11 is 0. The Bertz CT molecular complexity index is 436. The summed E-state index contributed by atoms with van der Waals surface area (Å²) in [6, 6.07) is 7.23. The predicted octanol–water partition coefficient (Wildman–Crippen LogP) is 1.06. The minimum absolute atomic E-state index is 0.211. The number of likely N-dealkylation sites (tertiary alicyclic amines) is 1. The number of carboxylic acids is 1. The molecule has 0 radical (unpaired) electrons. The highest BCUT2D eigenvalue weighted by Gasteiger charge is 2.18. The summed E-state index contributed by atoms with van der Waals surface area (Å²) in [7, 11) is 2.11. The zero-order valence-electron chi connectivity index (χ0n) is 11.1. The van der Waals surface area contributed by atoms with Crippen LogP contribution in [0.5, 0.6) is 5.75 Å². The molecule has 0 aromatic heterocycles. The standard InChI is InChI=1S/C14H20N2O3/c1-16-8-6-11(10-16)15-7-9-19-13-5-3-2-4-12(13)14(17)18/h2-5,11,15H,6-10H2,1H3,(H,17,18). The zero-order valence-corrected chi connectivity index (χ0v) is 11.1. The van der Waals surface area contributed by atoms with Crippen molar-refractivity contribution in [1.29, 1.82) is 0 Å². The lowest BCUT2D eigenvalue weighted by Gasteiger charge is -2.14. The smallest absolute Gasteiger partial charge is 0.339 e. The summed E-state index contributed by atoms with van der Waals surface area (Å²) in [5.74, 6) is -0.527. The van der Waals surface area contributed by atoms with E-state index in [0.29, 0.717) is 18.4 Å². The number of likely N-dealkylation sites (N-methyl/N-ethyl adjacent to an activating group) is 1. The molecule has 1 aromatic carbocycles. The van der Waals surface area contributed by atoms with Crippen molar-refractivity contribution < 1.29 is 14.6 Å². The molecular weight excluding hydrogens is 244 g/mol. The van der Waals surface area contributed by atoms with Gasteiger partial charge in [0.25, 0.3) is 0 Å². The molecule has 1 aliphatic rings. The average Bonchev–Trinajstić information content (AvgIpc) is 2.81. The number of benzene rings is 1. The minimum atomic E-state index is -0.957. The summed E-state index contributed by atoms with van der Waals surface area (Å²) in [5, 5.41) is 12.4. The van der Waals surface area contributed by atoms with E-state index in [1.165, 1.54) is 0 Å². The first kappa shape index (κ1) is 13.8. The van der Waals surface area contributed by atoms with Gasteiger partial charge in [-0.2, -0.15) is 0 Å². The lowest BCUT2D eigenvalue weighted by molar-refractivity contribution is 0.0692. The Kier molecular flexibility index (Phi) is 4.76. The third-order valence-electron chi connectivity index (χ3n) is 3.30. The van der Waals surface area contributed by atoms with Gasteiger partial charge in [0, 0.05) is 19.1 Å². The summed E-state index contributed by atoms with van der Waals surface area (Å²) in [5.41, 5.74) is 0.211. The fourth-order valence-electron chi connectivity index (χ4n) is 2.29. The van der Waals surface area contributed by atoms with Crippen molar-refractivity contribution in [2.24, 2.45) is 0 Å². The van der Waals surface area contributed by atoms with Crippen molar-refractivity contribution >= 4 is 5.97 Å². The van der Waals surface area contributed by atoms with E-state index in [4.69, 9.17) is 9.84 Å². The number of nitrogens with one attached hydrogen (secondary N) is 1. The van der Waals surface area contributed by atoms with E-state index in [9.17, 15) is 4.79 Å². The van der Waals surface area contributed by atoms with Crippen LogP contribution in [0, 0.1) is 0 Å². The second-order valence-electron chi connectivity index (χ2n) is 4.85. The van der Waals surface area contributed by atoms with Gasteiger partial charge < -0.3 is 20.1 Å². The molecule has 1 fully saturated rings. The highest BCUT2D eigenvalue weighted by Crippen LogP contribution is 2.17. The second kappa shape index (κ2) is 6.54. The maximum absolute atomic E-state index is 11.0. The van der Waals surface area contributed by atoms with Gasteiger partial charge >= 0.3 is 5.97 Å². The first-order valence-electron chi connectivity index (χ1n) is 6.54. The Balaban J connectivity index is 1.75. The van der Waals surface area contributed by atoms with E-state index in [1.807, 2.05) is 0 Å². The van der Waals surface area contributed by atoms with E-state index in [0.717, 1.165) is 26.1 Å². The second-order valence-corrected chi connectivity index (χ2v) is 4.85. The zero-order chi connectivity index (χ0) is 13.7. The van der Waals surface area contributed by atoms with Crippen LogP contribution >= 0.6 is 0 Å². The van der Waals surface area contributed by atoms with Gasteiger partial charge in [-0.25, -0.2) is 4.79 Å². The lowest BCUT2D eigenvalue weighted by Crippen LogP contribution is -2.34. The van der Waals surface area contributed by atoms with Crippen LogP contribution < -0.4 is 10.1 Å². The molecule has 0 spiro atoms. The number of ether oxygens (including phenoxy) is 1. The molecule has 19 heavy (non-hydrogen) atoms. The molecule has 1 saturated heterocycles. The van der Waals surface area contributed by atoms with Gasteiger partial charge in [-0.3, -0.25) is 0 Å². The predicted molar refractivity (Wildman–Crippen MR) is 72.8 cm³/mol. The lowest BCUT2D eigenvalue weighted by atomic mass is 10.2. The third kappa shape index (κ3) is 3.94. The van der Waals surface area contributed by atoms with Gasteiger partial charge in [0.15, 0.2) is 0 Å². The van der Waals surface area contributed by atoms with Crippen molar-refractivity contribution in [3.63, 3.8) is 0 Å². The van der Waals surface area contributed by atoms with Gasteiger partial charge in [0.05, 0.1) is 0 Å². The normalized spacial score (nSPS) is 19.5. The SMILES string of the molecule is CN1CCC(NCCOc2ccccc2C(=O)O)C1. The molecular formula is C14H20N2O3. The van der Waals surface area contributed by atoms with Crippen molar-refractivity contribution in [2.45, 2.75) is 12.5 Å². The third-order valence-corrected chi connectivity index (χ3v) is 3.30.